The van der Waals surface area contributed by atoms with E-state index in [1.54, 1.807) is 32.4 Å². The van der Waals surface area contributed by atoms with Gasteiger partial charge in [0.05, 0.1) is 33.0 Å². The van der Waals surface area contributed by atoms with E-state index in [-0.39, 0.29) is 6.10 Å². The second-order valence-electron chi connectivity index (χ2n) is 6.12. The molecule has 0 saturated heterocycles. The van der Waals surface area contributed by atoms with E-state index in [1.165, 1.54) is 6.07 Å². The van der Waals surface area contributed by atoms with Crippen LogP contribution in [0.2, 0.25) is 0 Å². The lowest BCUT2D eigenvalue weighted by Gasteiger charge is -2.15. The maximum Gasteiger partial charge on any atom is 0.339 e. The minimum atomic E-state index is -0.466. The highest BCUT2D eigenvalue weighted by atomic mass is 16.5. The van der Waals surface area contributed by atoms with E-state index in [0.29, 0.717) is 35.4 Å². The van der Waals surface area contributed by atoms with Crippen LogP contribution in [-0.4, -0.2) is 26.9 Å². The predicted molar refractivity (Wildman–Crippen MR) is 105 cm³/mol. The zero-order valence-corrected chi connectivity index (χ0v) is 16.4. The van der Waals surface area contributed by atoms with Gasteiger partial charge in [0.1, 0.15) is 11.5 Å². The minimum Gasteiger partial charge on any atom is -0.493 e. The van der Waals surface area contributed by atoms with Gasteiger partial charge in [-0.1, -0.05) is 13.0 Å². The van der Waals surface area contributed by atoms with E-state index in [9.17, 15) is 4.79 Å². The van der Waals surface area contributed by atoms with Gasteiger partial charge in [-0.25, -0.2) is 4.79 Å². The van der Waals surface area contributed by atoms with Crippen LogP contribution in [0.15, 0.2) is 33.5 Å². The van der Waals surface area contributed by atoms with Crippen LogP contribution < -0.4 is 24.6 Å². The molecule has 2 aromatic rings. The van der Waals surface area contributed by atoms with Crippen LogP contribution in [0.5, 0.6) is 23.0 Å². The van der Waals surface area contributed by atoms with Gasteiger partial charge in [0.2, 0.25) is 5.75 Å². The summed E-state index contributed by atoms with van der Waals surface area (Å²) in [5.74, 6) is 2.57. The Morgan fingerprint density at radius 1 is 1.04 bits per heavy atom. The van der Waals surface area contributed by atoms with Crippen molar-refractivity contribution in [3.8, 4) is 23.0 Å². The first kappa shape index (κ1) is 20.4. The van der Waals surface area contributed by atoms with Gasteiger partial charge in [-0.2, -0.15) is 0 Å². The summed E-state index contributed by atoms with van der Waals surface area (Å²) < 4.78 is 27.4. The van der Waals surface area contributed by atoms with Crippen molar-refractivity contribution in [1.29, 1.82) is 0 Å². The molecule has 0 aliphatic carbocycles. The van der Waals surface area contributed by atoms with Crippen molar-refractivity contribution < 1.29 is 23.4 Å². The average Bonchev–Trinajstić information content (AvgIpc) is 2.63. The predicted octanol–water partition coefficient (Wildman–Crippen LogP) is 4.40. The third-order valence-electron chi connectivity index (χ3n) is 3.51. The molecular weight excluding hydrogens is 348 g/mol. The molecule has 0 spiro atoms. The van der Waals surface area contributed by atoms with Crippen LogP contribution in [-0.2, 0) is 0 Å². The lowest BCUT2D eigenvalue weighted by molar-refractivity contribution is 0.239. The molecule has 2 rings (SSSR count). The Kier molecular flexibility index (Phi) is 7.34. The summed E-state index contributed by atoms with van der Waals surface area (Å²) in [5.41, 5.74) is 0.344. The maximum atomic E-state index is 11.7. The van der Waals surface area contributed by atoms with Crippen LogP contribution in [0, 0.1) is 0 Å². The van der Waals surface area contributed by atoms with Gasteiger partial charge < -0.3 is 23.4 Å². The Morgan fingerprint density at radius 2 is 1.70 bits per heavy atom. The third-order valence-corrected chi connectivity index (χ3v) is 3.51. The highest BCUT2D eigenvalue weighted by molar-refractivity contribution is 5.71. The zero-order chi connectivity index (χ0) is 19.8. The smallest absolute Gasteiger partial charge is 0.339 e. The fourth-order valence-corrected chi connectivity index (χ4v) is 2.42. The molecule has 0 unspecified atom stereocenters. The lowest BCUT2D eigenvalue weighted by atomic mass is 10.1. The van der Waals surface area contributed by atoms with Crippen molar-refractivity contribution in [2.45, 2.75) is 33.3 Å². The molecule has 6 heteroatoms. The molecule has 1 aromatic carbocycles. The molecule has 0 atom stereocenters. The highest BCUT2D eigenvalue weighted by Crippen LogP contribution is 2.39. The van der Waals surface area contributed by atoms with Crippen LogP contribution >= 0.6 is 0 Å². The number of methoxy groups -OCH3 is 2. The standard InChI is InChI=1S/C21H26O6/c1-6-9-25-21-18(23-4)10-15(11-19(21)24-5)7-8-16-12-17(26-14(2)3)13-20(22)27-16/h7-8,10-14H,6,9H2,1-5H3/b8-7+. The summed E-state index contributed by atoms with van der Waals surface area (Å²) in [6.45, 7) is 6.38. The molecule has 1 aromatic heterocycles. The largest absolute Gasteiger partial charge is 0.493 e. The normalized spacial score (nSPS) is 11.0. The minimum absolute atomic E-state index is 0.0344. The fraction of sp³-hybridized carbons (Fsp3) is 0.381. The molecule has 27 heavy (non-hydrogen) atoms. The molecule has 0 aliphatic rings. The van der Waals surface area contributed by atoms with Crippen LogP contribution in [0.1, 0.15) is 38.5 Å². The topological polar surface area (TPSA) is 67.1 Å². The van der Waals surface area contributed by atoms with Crippen molar-refractivity contribution in [2.75, 3.05) is 20.8 Å². The summed E-state index contributed by atoms with van der Waals surface area (Å²) in [6, 6.07) is 6.65. The van der Waals surface area contributed by atoms with Crippen LogP contribution in [0.25, 0.3) is 12.2 Å². The van der Waals surface area contributed by atoms with Gasteiger partial charge in [-0.3, -0.25) is 0 Å². The van der Waals surface area contributed by atoms with E-state index in [0.717, 1.165) is 12.0 Å². The average molecular weight is 374 g/mol. The van der Waals surface area contributed by atoms with Crippen molar-refractivity contribution in [3.63, 3.8) is 0 Å². The third kappa shape index (κ3) is 5.81. The van der Waals surface area contributed by atoms with Crippen molar-refractivity contribution in [2.24, 2.45) is 0 Å². The lowest BCUT2D eigenvalue weighted by Crippen LogP contribution is -2.08. The molecule has 146 valence electrons. The van der Waals surface area contributed by atoms with Gasteiger partial charge in [-0.05, 0) is 44.0 Å². The Balaban J connectivity index is 2.33. The molecule has 0 fully saturated rings. The zero-order valence-electron chi connectivity index (χ0n) is 16.4. The number of ether oxygens (including phenoxy) is 4. The van der Waals surface area contributed by atoms with Gasteiger partial charge >= 0.3 is 5.63 Å². The van der Waals surface area contributed by atoms with Crippen LogP contribution in [0.3, 0.4) is 0 Å². The second-order valence-corrected chi connectivity index (χ2v) is 6.12. The molecule has 0 aliphatic heterocycles. The Bertz CT molecular complexity index is 810. The first-order valence-corrected chi connectivity index (χ1v) is 8.85. The van der Waals surface area contributed by atoms with E-state index < -0.39 is 5.63 Å². The second kappa shape index (κ2) is 9.71. The monoisotopic (exact) mass is 374 g/mol. The van der Waals surface area contributed by atoms with Crippen molar-refractivity contribution in [3.05, 3.63) is 46.0 Å². The van der Waals surface area contributed by atoms with E-state index >= 15 is 0 Å². The summed E-state index contributed by atoms with van der Waals surface area (Å²) in [6.07, 6.45) is 4.33. The van der Waals surface area contributed by atoms with Gasteiger partial charge in [0.15, 0.2) is 11.5 Å². The van der Waals surface area contributed by atoms with Crippen molar-refractivity contribution in [1.82, 2.24) is 0 Å². The summed E-state index contributed by atoms with van der Waals surface area (Å²) >= 11 is 0. The summed E-state index contributed by atoms with van der Waals surface area (Å²) in [5, 5.41) is 0. The Labute approximate surface area is 159 Å². The Morgan fingerprint density at radius 3 is 2.26 bits per heavy atom. The summed E-state index contributed by atoms with van der Waals surface area (Å²) in [7, 11) is 3.15. The van der Waals surface area contributed by atoms with E-state index in [2.05, 4.69) is 0 Å². The first-order chi connectivity index (χ1) is 13.0. The number of hydrogen-bond donors (Lipinski definition) is 0. The number of rotatable bonds is 9. The van der Waals surface area contributed by atoms with Gasteiger partial charge in [0.25, 0.3) is 0 Å². The van der Waals surface area contributed by atoms with E-state index in [4.69, 9.17) is 23.4 Å². The molecule has 0 saturated carbocycles. The van der Waals surface area contributed by atoms with Crippen molar-refractivity contribution >= 4 is 12.2 Å². The molecule has 0 radical (unpaired) electrons. The molecule has 0 N–H and O–H groups in total. The quantitative estimate of drug-likeness (QED) is 0.648. The van der Waals surface area contributed by atoms with Crippen LogP contribution in [0.4, 0.5) is 0 Å². The van der Waals surface area contributed by atoms with E-state index in [1.807, 2.05) is 32.9 Å². The van der Waals surface area contributed by atoms with Gasteiger partial charge in [0, 0.05) is 6.07 Å². The molecule has 6 nitrogen and oxygen atoms in total. The first-order valence-electron chi connectivity index (χ1n) is 8.85. The number of hydrogen-bond acceptors (Lipinski definition) is 6. The molecular formula is C21H26O6. The molecule has 1 heterocycles. The molecule has 0 bridgehead atoms. The highest BCUT2D eigenvalue weighted by Gasteiger charge is 2.13. The van der Waals surface area contributed by atoms with Gasteiger partial charge in [-0.15, -0.1) is 0 Å². The fourth-order valence-electron chi connectivity index (χ4n) is 2.42. The molecule has 0 amide bonds. The number of benzene rings is 1. The SMILES string of the molecule is CCCOc1c(OC)cc(/C=C/c2cc(OC(C)C)cc(=O)o2)cc1OC. The summed E-state index contributed by atoms with van der Waals surface area (Å²) in [4.78, 5) is 11.7. The Hall–Kier alpha value is -2.89. The maximum absolute atomic E-state index is 11.7.